The first-order chi connectivity index (χ1) is 15.0. The Bertz CT molecular complexity index is 1010. The number of aliphatic hydroxyl groups excluding tert-OH is 3. The topological polar surface area (TPSA) is 107 Å². The van der Waals surface area contributed by atoms with E-state index in [4.69, 9.17) is 9.84 Å². The van der Waals surface area contributed by atoms with Gasteiger partial charge in [0.25, 0.3) is 0 Å². The molecule has 3 aromatic rings. The van der Waals surface area contributed by atoms with Crippen LogP contribution in [0.2, 0.25) is 0 Å². The van der Waals surface area contributed by atoms with Gasteiger partial charge in [0, 0.05) is 21.4 Å². The predicted octanol–water partition coefficient (Wildman–Crippen LogP) is 4.00. The molecule has 3 rings (SSSR count). The van der Waals surface area contributed by atoms with Crippen LogP contribution in [0.15, 0.2) is 60.7 Å². The molecule has 0 radical (unpaired) electrons. The molecule has 0 aliphatic rings. The van der Waals surface area contributed by atoms with Gasteiger partial charge in [-0.05, 0) is 36.6 Å². The van der Waals surface area contributed by atoms with Crippen LogP contribution in [0.25, 0.3) is 16.2 Å². The van der Waals surface area contributed by atoms with Crippen LogP contribution < -0.4 is 4.74 Å². The van der Waals surface area contributed by atoms with Crippen molar-refractivity contribution >= 4 is 33.5 Å². The van der Waals surface area contributed by atoms with Crippen LogP contribution in [0.3, 0.4) is 0 Å². The third-order valence-electron chi connectivity index (χ3n) is 4.86. The standard InChI is InChI=1S/C24H26O6S/c25-19(10-6-12-23(28)29)20(26)14-13-18-17-9-4-5-11-22(17)31-24(18)21(27)15-30-16-7-2-1-3-8-16/h1-5,7-9,11,13-14,19-21,25-27H,6,10,12,15H2,(H,28,29)/b14-13+. The van der Waals surface area contributed by atoms with E-state index in [1.54, 1.807) is 6.08 Å². The smallest absolute Gasteiger partial charge is 0.303 e. The fraction of sp³-hybridized carbons (Fsp3) is 0.292. The fourth-order valence-electron chi connectivity index (χ4n) is 3.23. The van der Waals surface area contributed by atoms with Crippen molar-refractivity contribution in [2.24, 2.45) is 0 Å². The van der Waals surface area contributed by atoms with Crippen molar-refractivity contribution < 1.29 is 30.0 Å². The van der Waals surface area contributed by atoms with Gasteiger partial charge in [-0.15, -0.1) is 11.3 Å². The summed E-state index contributed by atoms with van der Waals surface area (Å²) in [4.78, 5) is 11.3. The summed E-state index contributed by atoms with van der Waals surface area (Å²) in [7, 11) is 0. The molecule has 7 heteroatoms. The monoisotopic (exact) mass is 442 g/mol. The third kappa shape index (κ3) is 6.38. The fourth-order valence-corrected chi connectivity index (χ4v) is 4.39. The lowest BCUT2D eigenvalue weighted by molar-refractivity contribution is -0.137. The van der Waals surface area contributed by atoms with Crippen molar-refractivity contribution in [3.05, 3.63) is 71.1 Å². The summed E-state index contributed by atoms with van der Waals surface area (Å²) in [5, 5.41) is 40.8. The first-order valence-electron chi connectivity index (χ1n) is 10.1. The highest BCUT2D eigenvalue weighted by atomic mass is 32.1. The van der Waals surface area contributed by atoms with E-state index >= 15 is 0 Å². The largest absolute Gasteiger partial charge is 0.490 e. The molecule has 0 aliphatic carbocycles. The average Bonchev–Trinajstić information content (AvgIpc) is 3.15. The van der Waals surface area contributed by atoms with Crippen LogP contribution in [0.1, 0.15) is 35.8 Å². The molecule has 0 fully saturated rings. The molecule has 1 heterocycles. The van der Waals surface area contributed by atoms with Gasteiger partial charge in [-0.3, -0.25) is 4.79 Å². The lowest BCUT2D eigenvalue weighted by Gasteiger charge is -2.15. The summed E-state index contributed by atoms with van der Waals surface area (Å²) < 4.78 is 6.69. The molecule has 2 aromatic carbocycles. The van der Waals surface area contributed by atoms with Gasteiger partial charge in [-0.2, -0.15) is 0 Å². The lowest BCUT2D eigenvalue weighted by atomic mass is 10.0. The maximum absolute atomic E-state index is 10.8. The summed E-state index contributed by atoms with van der Waals surface area (Å²) in [6.45, 7) is 0.0814. The van der Waals surface area contributed by atoms with Crippen LogP contribution in [-0.4, -0.2) is 45.2 Å². The van der Waals surface area contributed by atoms with E-state index in [9.17, 15) is 20.1 Å². The summed E-state index contributed by atoms with van der Waals surface area (Å²) in [6.07, 6.45) is 0.523. The number of thiophene rings is 1. The van der Waals surface area contributed by atoms with Gasteiger partial charge in [0.15, 0.2) is 0 Å². The van der Waals surface area contributed by atoms with E-state index in [-0.39, 0.29) is 25.9 Å². The minimum atomic E-state index is -1.14. The Morgan fingerprint density at radius 3 is 2.48 bits per heavy atom. The van der Waals surface area contributed by atoms with Gasteiger partial charge in [0.1, 0.15) is 18.5 Å². The number of carboxylic acids is 1. The van der Waals surface area contributed by atoms with E-state index in [0.29, 0.717) is 10.6 Å². The van der Waals surface area contributed by atoms with E-state index in [2.05, 4.69) is 0 Å². The Labute approximate surface area is 184 Å². The number of carboxylic acid groups (broad SMARTS) is 1. The molecule has 0 amide bonds. The molecular weight excluding hydrogens is 416 g/mol. The number of rotatable bonds is 11. The molecule has 4 N–H and O–H groups in total. The Morgan fingerprint density at radius 2 is 1.74 bits per heavy atom. The highest BCUT2D eigenvalue weighted by Gasteiger charge is 2.19. The van der Waals surface area contributed by atoms with Gasteiger partial charge in [0.05, 0.1) is 12.2 Å². The van der Waals surface area contributed by atoms with Crippen LogP contribution in [0, 0.1) is 0 Å². The van der Waals surface area contributed by atoms with Crippen molar-refractivity contribution in [2.75, 3.05) is 6.61 Å². The first kappa shape index (κ1) is 23.0. The predicted molar refractivity (Wildman–Crippen MR) is 121 cm³/mol. The van der Waals surface area contributed by atoms with Crippen molar-refractivity contribution in [1.29, 1.82) is 0 Å². The second-order valence-electron chi connectivity index (χ2n) is 7.22. The first-order valence-corrected chi connectivity index (χ1v) is 10.9. The molecule has 0 saturated heterocycles. The second kappa shape index (κ2) is 11.1. The zero-order valence-electron chi connectivity index (χ0n) is 16.9. The van der Waals surface area contributed by atoms with Crippen molar-refractivity contribution in [3.8, 4) is 5.75 Å². The SMILES string of the molecule is O=C(O)CCCC(O)C(O)/C=C/c1c(C(O)COc2ccccc2)sc2ccccc12. The Morgan fingerprint density at radius 1 is 1.03 bits per heavy atom. The molecule has 0 bridgehead atoms. The van der Waals surface area contributed by atoms with Gasteiger partial charge >= 0.3 is 5.97 Å². The quantitative estimate of drug-likeness (QED) is 0.358. The number of para-hydroxylation sites is 1. The average molecular weight is 443 g/mol. The minimum absolute atomic E-state index is 0.0551. The third-order valence-corrected chi connectivity index (χ3v) is 6.15. The van der Waals surface area contributed by atoms with Crippen LogP contribution in [0.4, 0.5) is 0 Å². The number of hydrogen-bond acceptors (Lipinski definition) is 6. The zero-order valence-corrected chi connectivity index (χ0v) is 17.7. The number of aliphatic carboxylic acids is 1. The van der Waals surface area contributed by atoms with Gasteiger partial charge < -0.3 is 25.2 Å². The summed E-state index contributed by atoms with van der Waals surface area (Å²) >= 11 is 1.45. The minimum Gasteiger partial charge on any atom is -0.490 e. The van der Waals surface area contributed by atoms with Gasteiger partial charge in [0.2, 0.25) is 0 Å². The summed E-state index contributed by atoms with van der Waals surface area (Å²) in [6, 6.07) is 17.0. The molecule has 6 nitrogen and oxygen atoms in total. The molecule has 3 unspecified atom stereocenters. The maximum atomic E-state index is 10.8. The number of ether oxygens (including phenoxy) is 1. The van der Waals surface area contributed by atoms with Crippen LogP contribution >= 0.6 is 11.3 Å². The molecule has 3 atom stereocenters. The molecule has 0 saturated carbocycles. The van der Waals surface area contributed by atoms with E-state index < -0.39 is 24.3 Å². The van der Waals surface area contributed by atoms with E-state index in [0.717, 1.165) is 15.6 Å². The van der Waals surface area contributed by atoms with Crippen LogP contribution in [-0.2, 0) is 4.79 Å². The normalized spacial score (nSPS) is 14.5. The molecule has 31 heavy (non-hydrogen) atoms. The molecule has 0 aliphatic heterocycles. The lowest BCUT2D eigenvalue weighted by Crippen LogP contribution is -2.23. The number of fused-ring (bicyclic) bond motifs is 1. The Kier molecular flexibility index (Phi) is 8.20. The van der Waals surface area contributed by atoms with E-state index in [1.807, 2.05) is 54.6 Å². The second-order valence-corrected chi connectivity index (χ2v) is 8.30. The highest BCUT2D eigenvalue weighted by Crippen LogP contribution is 2.36. The molecule has 1 aromatic heterocycles. The van der Waals surface area contributed by atoms with Gasteiger partial charge in [-0.1, -0.05) is 48.6 Å². The maximum Gasteiger partial charge on any atom is 0.303 e. The number of benzene rings is 2. The van der Waals surface area contributed by atoms with Crippen LogP contribution in [0.5, 0.6) is 5.75 Å². The van der Waals surface area contributed by atoms with E-state index in [1.165, 1.54) is 17.4 Å². The number of aliphatic hydroxyl groups is 3. The Balaban J connectivity index is 1.75. The summed E-state index contributed by atoms with van der Waals surface area (Å²) in [5.41, 5.74) is 0.765. The molecule has 164 valence electrons. The highest BCUT2D eigenvalue weighted by molar-refractivity contribution is 7.19. The van der Waals surface area contributed by atoms with Crippen molar-refractivity contribution in [2.45, 2.75) is 37.6 Å². The number of carbonyl (C=O) groups is 1. The zero-order chi connectivity index (χ0) is 22.2. The van der Waals surface area contributed by atoms with Crippen molar-refractivity contribution in [3.63, 3.8) is 0 Å². The van der Waals surface area contributed by atoms with Crippen molar-refractivity contribution in [1.82, 2.24) is 0 Å². The van der Waals surface area contributed by atoms with Gasteiger partial charge in [-0.25, -0.2) is 0 Å². The molecule has 0 spiro atoms. The number of hydrogen-bond donors (Lipinski definition) is 4. The summed E-state index contributed by atoms with van der Waals surface area (Å²) in [5.74, 6) is -0.266. The Hall–Kier alpha value is -2.71. The molecular formula is C24H26O6S.